The predicted molar refractivity (Wildman–Crippen MR) is 124 cm³/mol. The summed E-state index contributed by atoms with van der Waals surface area (Å²) < 4.78 is 7.16. The summed E-state index contributed by atoms with van der Waals surface area (Å²) in [5, 5.41) is 15.2. The molecule has 0 saturated carbocycles. The summed E-state index contributed by atoms with van der Waals surface area (Å²) in [6, 6.07) is 15.5. The maximum absolute atomic E-state index is 13.0. The SMILES string of the molecule is [3H]CCNCCCCC(NC(=O)C(N)Cc1ccccc1)C(=O)Cc1ccc(CO)cc1. The van der Waals surface area contributed by atoms with Crippen LogP contribution in [0.5, 0.6) is 0 Å². The third-order valence-electron chi connectivity index (χ3n) is 5.20. The number of amides is 1. The summed E-state index contributed by atoms with van der Waals surface area (Å²) in [7, 11) is 0. The van der Waals surface area contributed by atoms with Gasteiger partial charge in [-0.05, 0) is 55.5 Å². The van der Waals surface area contributed by atoms with Crippen LogP contribution in [0.2, 0.25) is 0 Å². The van der Waals surface area contributed by atoms with E-state index in [-0.39, 0.29) is 24.7 Å². The number of nitrogens with one attached hydrogen (secondary N) is 2. The minimum atomic E-state index is -0.727. The molecule has 0 aliphatic carbocycles. The third kappa shape index (κ3) is 9.00. The third-order valence-corrected chi connectivity index (χ3v) is 5.20. The standard InChI is InChI=1S/C25H35N3O3/c1-2-27-15-7-6-10-23(24(30)17-20-11-13-21(18-29)14-12-20)28-25(31)22(26)16-19-8-4-3-5-9-19/h3-5,8-9,11-14,22-23,27,29H,2,6-7,10,15-18,26H2,1H3,(H,28,31)/i1T. The molecule has 6 nitrogen and oxygen atoms in total. The molecule has 0 aromatic heterocycles. The topological polar surface area (TPSA) is 104 Å². The van der Waals surface area contributed by atoms with Gasteiger partial charge in [0.2, 0.25) is 5.91 Å². The summed E-state index contributed by atoms with van der Waals surface area (Å²) >= 11 is 0. The Balaban J connectivity index is 1.96. The number of nitrogens with two attached hydrogens (primary N) is 1. The van der Waals surface area contributed by atoms with Gasteiger partial charge in [0.05, 0.1) is 18.7 Å². The summed E-state index contributed by atoms with van der Waals surface area (Å²) in [6.07, 6.45) is 2.80. The van der Waals surface area contributed by atoms with Crippen LogP contribution in [0, 0.1) is 0 Å². The van der Waals surface area contributed by atoms with Crippen molar-refractivity contribution < 1.29 is 16.1 Å². The minimum Gasteiger partial charge on any atom is -0.392 e. The van der Waals surface area contributed by atoms with E-state index in [1.165, 1.54) is 0 Å². The van der Waals surface area contributed by atoms with Crippen LogP contribution in [0.15, 0.2) is 54.6 Å². The Morgan fingerprint density at radius 3 is 2.42 bits per heavy atom. The van der Waals surface area contributed by atoms with Gasteiger partial charge in [-0.25, -0.2) is 0 Å². The van der Waals surface area contributed by atoms with Gasteiger partial charge in [0, 0.05) is 7.79 Å². The van der Waals surface area contributed by atoms with Crippen molar-refractivity contribution in [1.29, 1.82) is 0 Å². The second kappa shape index (κ2) is 13.7. The molecule has 0 radical (unpaired) electrons. The van der Waals surface area contributed by atoms with Crippen molar-refractivity contribution in [2.24, 2.45) is 5.73 Å². The highest BCUT2D eigenvalue weighted by atomic mass is 16.3. The molecule has 31 heavy (non-hydrogen) atoms. The summed E-state index contributed by atoms with van der Waals surface area (Å²) in [4.78, 5) is 25.7. The molecule has 168 valence electrons. The highest BCUT2D eigenvalue weighted by Crippen LogP contribution is 2.10. The quantitative estimate of drug-likeness (QED) is 0.346. The van der Waals surface area contributed by atoms with E-state index in [1.54, 1.807) is 12.1 Å². The van der Waals surface area contributed by atoms with Gasteiger partial charge >= 0.3 is 0 Å². The first-order chi connectivity index (χ1) is 15.5. The zero-order valence-electron chi connectivity index (χ0n) is 19.1. The molecule has 0 saturated heterocycles. The van der Waals surface area contributed by atoms with Crippen LogP contribution in [-0.2, 0) is 29.0 Å². The summed E-state index contributed by atoms with van der Waals surface area (Å²) in [5.74, 6) is -0.378. The molecule has 6 heteroatoms. The number of carbonyl (C=O) groups is 2. The Hall–Kier alpha value is -2.54. The maximum Gasteiger partial charge on any atom is 0.237 e. The molecule has 2 aromatic carbocycles. The smallest absolute Gasteiger partial charge is 0.237 e. The number of Topliss-reactive ketones (excluding diaryl/α,β-unsaturated/α-hetero) is 1. The van der Waals surface area contributed by atoms with Crippen LogP contribution in [0.25, 0.3) is 0 Å². The van der Waals surface area contributed by atoms with E-state index < -0.39 is 12.1 Å². The molecule has 0 spiro atoms. The number of aliphatic hydroxyl groups excluding tert-OH is 1. The number of hydrogen-bond donors (Lipinski definition) is 4. The Kier molecular flexibility index (Phi) is 10.2. The molecule has 0 bridgehead atoms. The summed E-state index contributed by atoms with van der Waals surface area (Å²) in [6.45, 7) is 1.73. The second-order valence-electron chi connectivity index (χ2n) is 7.72. The average molecular weight is 428 g/mol. The van der Waals surface area contributed by atoms with Crippen LogP contribution in [0.3, 0.4) is 0 Å². The number of aliphatic hydroxyl groups is 1. The first-order valence-corrected chi connectivity index (χ1v) is 10.8. The molecule has 2 unspecified atom stereocenters. The van der Waals surface area contributed by atoms with E-state index in [0.29, 0.717) is 26.3 Å². The number of unbranched alkanes of at least 4 members (excludes halogenated alkanes) is 1. The maximum atomic E-state index is 13.0. The number of hydrogen-bond acceptors (Lipinski definition) is 5. The number of carbonyl (C=O) groups excluding carboxylic acids is 2. The van der Waals surface area contributed by atoms with Crippen molar-refractivity contribution in [3.05, 3.63) is 71.3 Å². The van der Waals surface area contributed by atoms with Gasteiger partial charge in [0.15, 0.2) is 5.78 Å². The Bertz CT molecular complexity index is 815. The van der Waals surface area contributed by atoms with E-state index in [4.69, 9.17) is 7.10 Å². The molecule has 2 atom stereocenters. The molecule has 0 heterocycles. The zero-order chi connectivity index (χ0) is 23.2. The van der Waals surface area contributed by atoms with Crippen molar-refractivity contribution >= 4 is 11.7 Å². The summed E-state index contributed by atoms with van der Waals surface area (Å²) in [5.41, 5.74) is 8.73. The first-order valence-electron chi connectivity index (χ1n) is 11.6. The molecule has 2 aromatic rings. The lowest BCUT2D eigenvalue weighted by atomic mass is 9.98. The van der Waals surface area contributed by atoms with Gasteiger partial charge in [-0.1, -0.05) is 61.5 Å². The molecular weight excluding hydrogens is 390 g/mol. The van der Waals surface area contributed by atoms with Crippen molar-refractivity contribution in [2.75, 3.05) is 13.1 Å². The van der Waals surface area contributed by atoms with Crippen LogP contribution in [-0.4, -0.2) is 42.0 Å². The van der Waals surface area contributed by atoms with E-state index >= 15 is 0 Å². The first kappa shape index (κ1) is 23.1. The molecule has 0 aliphatic heterocycles. The van der Waals surface area contributed by atoms with E-state index in [9.17, 15) is 14.7 Å². The highest BCUT2D eigenvalue weighted by molar-refractivity contribution is 5.92. The predicted octanol–water partition coefficient (Wildman–Crippen LogP) is 2.13. The number of benzene rings is 2. The van der Waals surface area contributed by atoms with Crippen LogP contribution >= 0.6 is 0 Å². The van der Waals surface area contributed by atoms with Crippen LogP contribution in [0.4, 0.5) is 0 Å². The lowest BCUT2D eigenvalue weighted by Gasteiger charge is -2.21. The fourth-order valence-corrected chi connectivity index (χ4v) is 3.36. The van der Waals surface area contributed by atoms with Gasteiger partial charge in [0.1, 0.15) is 0 Å². The molecule has 5 N–H and O–H groups in total. The van der Waals surface area contributed by atoms with Crippen molar-refractivity contribution in [2.45, 2.75) is 57.7 Å². The Morgan fingerprint density at radius 2 is 1.74 bits per heavy atom. The van der Waals surface area contributed by atoms with Crippen molar-refractivity contribution in [3.63, 3.8) is 0 Å². The average Bonchev–Trinajstić information content (AvgIpc) is 2.81. The zero-order valence-corrected chi connectivity index (χ0v) is 18.1. The Labute approximate surface area is 186 Å². The van der Waals surface area contributed by atoms with E-state index in [2.05, 4.69) is 10.6 Å². The van der Waals surface area contributed by atoms with Gasteiger partial charge in [0.25, 0.3) is 0 Å². The molecular formula is C25H35N3O3. The van der Waals surface area contributed by atoms with Gasteiger partial charge in [-0.2, -0.15) is 0 Å². The largest absolute Gasteiger partial charge is 0.392 e. The van der Waals surface area contributed by atoms with Crippen LogP contribution < -0.4 is 16.4 Å². The molecule has 0 aliphatic rings. The van der Waals surface area contributed by atoms with Crippen LogP contribution in [0.1, 0.15) is 44.2 Å². The van der Waals surface area contributed by atoms with Crippen molar-refractivity contribution in [3.8, 4) is 0 Å². The van der Waals surface area contributed by atoms with Gasteiger partial charge in [-0.15, -0.1) is 0 Å². The molecule has 1 amide bonds. The van der Waals surface area contributed by atoms with E-state index in [1.807, 2.05) is 42.5 Å². The van der Waals surface area contributed by atoms with Gasteiger partial charge in [-0.3, -0.25) is 9.59 Å². The van der Waals surface area contributed by atoms with Crippen molar-refractivity contribution in [1.82, 2.24) is 10.6 Å². The fourth-order valence-electron chi connectivity index (χ4n) is 3.36. The van der Waals surface area contributed by atoms with E-state index in [0.717, 1.165) is 36.1 Å². The second-order valence-corrected chi connectivity index (χ2v) is 7.72. The number of rotatable bonds is 14. The molecule has 0 fully saturated rings. The monoisotopic (exact) mass is 427 g/mol. The lowest BCUT2D eigenvalue weighted by molar-refractivity contribution is -0.128. The Morgan fingerprint density at radius 1 is 1.03 bits per heavy atom. The highest BCUT2D eigenvalue weighted by Gasteiger charge is 2.23. The van der Waals surface area contributed by atoms with Gasteiger partial charge < -0.3 is 21.5 Å². The minimum absolute atomic E-state index is 0.0412. The fraction of sp³-hybridized carbons (Fsp3) is 0.440. The molecule has 2 rings (SSSR count). The number of ketones is 1. The normalized spacial score (nSPS) is 13.3. The lowest BCUT2D eigenvalue weighted by Crippen LogP contribution is -2.49.